The van der Waals surface area contributed by atoms with Gasteiger partial charge in [-0.25, -0.2) is 9.97 Å². The van der Waals surface area contributed by atoms with Crippen molar-refractivity contribution in [2.24, 2.45) is 0 Å². The van der Waals surface area contributed by atoms with Gasteiger partial charge < -0.3 is 20.3 Å². The molecule has 2 aliphatic heterocycles. The Kier molecular flexibility index (Phi) is 5.17. The molecule has 2 aliphatic rings. The van der Waals surface area contributed by atoms with Crippen LogP contribution in [0, 0.1) is 0 Å². The lowest BCUT2D eigenvalue weighted by Crippen LogP contribution is -2.54. The first-order valence-electron chi connectivity index (χ1n) is 11.5. The number of anilines is 1. The number of para-hydroxylation sites is 1. The van der Waals surface area contributed by atoms with E-state index in [0.29, 0.717) is 46.8 Å². The molecule has 1 saturated heterocycles. The third-order valence-electron chi connectivity index (χ3n) is 7.17. The number of nitrogens with zero attached hydrogens (tertiary/aromatic N) is 3. The number of benzene rings is 1. The maximum absolute atomic E-state index is 13.2. The van der Waals surface area contributed by atoms with Crippen molar-refractivity contribution in [1.29, 1.82) is 0 Å². The number of nitrogens with one attached hydrogen (secondary N) is 3. The summed E-state index contributed by atoms with van der Waals surface area (Å²) in [5, 5.41) is 19.2. The fraction of sp³-hybridized carbons (Fsp3) is 0.280. The van der Waals surface area contributed by atoms with Gasteiger partial charge in [0, 0.05) is 41.2 Å². The van der Waals surface area contributed by atoms with Crippen molar-refractivity contribution in [2.75, 3.05) is 31.6 Å². The van der Waals surface area contributed by atoms with E-state index in [4.69, 9.17) is 9.97 Å². The zero-order valence-corrected chi connectivity index (χ0v) is 19.9. The standard InChI is InChI=1S/C25H24N6O3S/c1-26-25(13-32)7-9-31(10-8-25)24-28-17-5-3-2-4-15(17)20(29-24)19-18(21(33)30-22(19)34)16-12-27-23-14(16)6-11-35-23/h2-6,11-12,26-27,32H,7-10,13H2,1H3,(H,30,33,34). The number of carbonyl (C=O) groups is 2. The molecule has 9 nitrogen and oxygen atoms in total. The topological polar surface area (TPSA) is 123 Å². The Hall–Kier alpha value is -3.60. The van der Waals surface area contributed by atoms with Crippen molar-refractivity contribution >= 4 is 61.4 Å². The van der Waals surface area contributed by atoms with Crippen LogP contribution in [0.3, 0.4) is 0 Å². The maximum Gasteiger partial charge on any atom is 0.261 e. The fourth-order valence-electron chi connectivity index (χ4n) is 5.01. The zero-order chi connectivity index (χ0) is 24.2. The number of piperidine rings is 1. The molecule has 1 fully saturated rings. The van der Waals surface area contributed by atoms with E-state index in [1.807, 2.05) is 42.8 Å². The van der Waals surface area contributed by atoms with E-state index in [1.54, 1.807) is 17.5 Å². The molecule has 35 heavy (non-hydrogen) atoms. The van der Waals surface area contributed by atoms with Crippen LogP contribution < -0.4 is 15.5 Å². The molecule has 6 rings (SSSR count). The van der Waals surface area contributed by atoms with Gasteiger partial charge >= 0.3 is 0 Å². The number of hydrogen-bond donors (Lipinski definition) is 4. The molecule has 0 atom stereocenters. The van der Waals surface area contributed by atoms with Crippen LogP contribution >= 0.6 is 11.3 Å². The van der Waals surface area contributed by atoms with Gasteiger partial charge in [0.1, 0.15) is 4.83 Å². The minimum atomic E-state index is -0.461. The Balaban J connectivity index is 1.52. The molecule has 1 aromatic carbocycles. The number of aliphatic hydroxyl groups is 1. The summed E-state index contributed by atoms with van der Waals surface area (Å²) in [6, 6.07) is 9.48. The van der Waals surface area contributed by atoms with Crippen molar-refractivity contribution in [3.8, 4) is 0 Å². The summed E-state index contributed by atoms with van der Waals surface area (Å²) >= 11 is 1.54. The van der Waals surface area contributed by atoms with Crippen LogP contribution in [0.2, 0.25) is 0 Å². The molecule has 0 bridgehead atoms. The average molecular weight is 489 g/mol. The molecule has 5 heterocycles. The highest BCUT2D eigenvalue weighted by Crippen LogP contribution is 2.38. The number of hydrogen-bond acceptors (Lipinski definition) is 8. The Morgan fingerprint density at radius 2 is 1.86 bits per heavy atom. The van der Waals surface area contributed by atoms with E-state index in [-0.39, 0.29) is 17.7 Å². The monoisotopic (exact) mass is 488 g/mol. The van der Waals surface area contributed by atoms with Crippen LogP contribution in [-0.2, 0) is 9.59 Å². The number of aromatic amines is 1. The number of carbonyl (C=O) groups excluding carboxylic acids is 2. The SMILES string of the molecule is CNC1(CO)CCN(c2nc(C3=C(c4c[nH]c5sccc45)C(=O)NC3=O)c3ccccc3n2)CC1. The van der Waals surface area contributed by atoms with Gasteiger partial charge in [-0.15, -0.1) is 11.3 Å². The van der Waals surface area contributed by atoms with Crippen LogP contribution in [0.4, 0.5) is 5.95 Å². The summed E-state index contributed by atoms with van der Waals surface area (Å²) in [6.07, 6.45) is 3.24. The molecule has 2 amide bonds. The third-order valence-corrected chi connectivity index (χ3v) is 8.01. The number of H-pyrrole nitrogens is 1. The third kappa shape index (κ3) is 3.44. The molecule has 0 unspecified atom stereocenters. The van der Waals surface area contributed by atoms with Gasteiger partial charge in [-0.3, -0.25) is 14.9 Å². The van der Waals surface area contributed by atoms with Crippen LogP contribution in [0.1, 0.15) is 24.1 Å². The van der Waals surface area contributed by atoms with Gasteiger partial charge in [-0.2, -0.15) is 0 Å². The zero-order valence-electron chi connectivity index (χ0n) is 19.1. The van der Waals surface area contributed by atoms with Gasteiger partial charge in [-0.05, 0) is 37.4 Å². The van der Waals surface area contributed by atoms with Gasteiger partial charge in [0.25, 0.3) is 11.8 Å². The van der Waals surface area contributed by atoms with Gasteiger partial charge in [0.05, 0.1) is 29.0 Å². The number of likely N-dealkylation sites (N-methyl/N-ethyl adjacent to an activating group) is 1. The lowest BCUT2D eigenvalue weighted by molar-refractivity contribution is -0.122. The highest BCUT2D eigenvalue weighted by Gasteiger charge is 2.37. The summed E-state index contributed by atoms with van der Waals surface area (Å²) in [5.41, 5.74) is 2.10. The predicted octanol–water partition coefficient (Wildman–Crippen LogP) is 2.29. The first kappa shape index (κ1) is 21.9. The summed E-state index contributed by atoms with van der Waals surface area (Å²) in [5.74, 6) is -0.381. The summed E-state index contributed by atoms with van der Waals surface area (Å²) < 4.78 is 0. The molecule has 178 valence electrons. The molecule has 4 aromatic rings. The largest absolute Gasteiger partial charge is 0.394 e. The van der Waals surface area contributed by atoms with E-state index in [1.165, 1.54) is 0 Å². The van der Waals surface area contributed by atoms with Crippen molar-refractivity contribution in [2.45, 2.75) is 18.4 Å². The van der Waals surface area contributed by atoms with Crippen LogP contribution in [0.25, 0.3) is 32.3 Å². The number of amides is 2. The second kappa shape index (κ2) is 8.26. The van der Waals surface area contributed by atoms with Crippen LogP contribution in [-0.4, -0.2) is 64.2 Å². The molecular weight excluding hydrogens is 464 g/mol. The molecular formula is C25H24N6O3S. The lowest BCUT2D eigenvalue weighted by atomic mass is 9.88. The Morgan fingerprint density at radius 1 is 1.09 bits per heavy atom. The van der Waals surface area contributed by atoms with Crippen molar-refractivity contribution in [3.05, 3.63) is 53.2 Å². The quantitative estimate of drug-likeness (QED) is 0.318. The van der Waals surface area contributed by atoms with E-state index in [0.717, 1.165) is 23.1 Å². The molecule has 0 radical (unpaired) electrons. The second-order valence-electron chi connectivity index (χ2n) is 8.96. The van der Waals surface area contributed by atoms with Crippen LogP contribution in [0.15, 0.2) is 41.9 Å². The summed E-state index contributed by atoms with van der Waals surface area (Å²) in [7, 11) is 1.87. The number of rotatable bonds is 5. The molecule has 0 aliphatic carbocycles. The molecule has 0 spiro atoms. The van der Waals surface area contributed by atoms with Crippen molar-refractivity contribution in [1.82, 2.24) is 25.6 Å². The number of imide groups is 1. The van der Waals surface area contributed by atoms with E-state index in [9.17, 15) is 14.7 Å². The minimum Gasteiger partial charge on any atom is -0.394 e. The minimum absolute atomic E-state index is 0.0629. The van der Waals surface area contributed by atoms with Gasteiger partial charge in [-0.1, -0.05) is 18.2 Å². The summed E-state index contributed by atoms with van der Waals surface area (Å²) in [4.78, 5) is 42.0. The fourth-order valence-corrected chi connectivity index (χ4v) is 5.78. The van der Waals surface area contributed by atoms with E-state index >= 15 is 0 Å². The molecule has 3 aromatic heterocycles. The Morgan fingerprint density at radius 3 is 2.63 bits per heavy atom. The molecule has 10 heteroatoms. The Bertz CT molecular complexity index is 1510. The molecule has 4 N–H and O–H groups in total. The van der Waals surface area contributed by atoms with Gasteiger partial charge in [0.2, 0.25) is 5.95 Å². The number of fused-ring (bicyclic) bond motifs is 2. The lowest BCUT2D eigenvalue weighted by Gasteiger charge is -2.40. The first-order valence-corrected chi connectivity index (χ1v) is 12.4. The van der Waals surface area contributed by atoms with Gasteiger partial charge in [0.15, 0.2) is 0 Å². The highest BCUT2D eigenvalue weighted by molar-refractivity contribution is 7.16. The maximum atomic E-state index is 13.2. The predicted molar refractivity (Wildman–Crippen MR) is 136 cm³/mol. The summed E-state index contributed by atoms with van der Waals surface area (Å²) in [6.45, 7) is 1.38. The van der Waals surface area contributed by atoms with Crippen molar-refractivity contribution in [3.63, 3.8) is 0 Å². The van der Waals surface area contributed by atoms with Crippen LogP contribution in [0.5, 0.6) is 0 Å². The molecule has 0 saturated carbocycles. The Labute approximate surface area is 204 Å². The second-order valence-corrected chi connectivity index (χ2v) is 9.88. The normalized spacial score (nSPS) is 18.2. The van der Waals surface area contributed by atoms with Crippen molar-refractivity contribution < 1.29 is 14.7 Å². The number of aromatic nitrogens is 3. The van der Waals surface area contributed by atoms with E-state index in [2.05, 4.69) is 20.5 Å². The highest BCUT2D eigenvalue weighted by atomic mass is 32.1. The number of thiophene rings is 1. The average Bonchev–Trinajstić information content (AvgIpc) is 3.58. The van der Waals surface area contributed by atoms with E-state index < -0.39 is 11.8 Å². The number of aliphatic hydroxyl groups excluding tert-OH is 1. The smallest absolute Gasteiger partial charge is 0.261 e. The first-order chi connectivity index (χ1) is 17.0.